The molecule has 0 radical (unpaired) electrons. The van der Waals surface area contributed by atoms with Crippen molar-refractivity contribution in [3.63, 3.8) is 0 Å². The first kappa shape index (κ1) is 13.9. The van der Waals surface area contributed by atoms with Crippen LogP contribution in [0.2, 0.25) is 0 Å². The summed E-state index contributed by atoms with van der Waals surface area (Å²) in [6.45, 7) is 7.12. The number of carbonyl (C=O) groups is 1. The van der Waals surface area contributed by atoms with Gasteiger partial charge in [0.15, 0.2) is 0 Å². The summed E-state index contributed by atoms with van der Waals surface area (Å²) in [4.78, 5) is 14.6. The van der Waals surface area contributed by atoms with Crippen molar-refractivity contribution in [3.8, 4) is 0 Å². The minimum Gasteiger partial charge on any atom is -0.342 e. The maximum Gasteiger partial charge on any atom is 0.225 e. The molecular weight excluding hydrogens is 224 g/mol. The summed E-state index contributed by atoms with van der Waals surface area (Å²) >= 11 is 0. The third-order valence-corrected chi connectivity index (χ3v) is 5.09. The lowest BCUT2D eigenvalue weighted by atomic mass is 9.81. The molecule has 1 saturated carbocycles. The molecule has 1 aliphatic heterocycles. The van der Waals surface area contributed by atoms with Crippen LogP contribution < -0.4 is 5.73 Å². The van der Waals surface area contributed by atoms with Crippen molar-refractivity contribution in [2.45, 2.75) is 46.0 Å². The molecule has 3 nitrogen and oxygen atoms in total. The summed E-state index contributed by atoms with van der Waals surface area (Å²) in [5.41, 5.74) is 5.81. The minimum absolute atomic E-state index is 0.299. The molecule has 2 N–H and O–H groups in total. The van der Waals surface area contributed by atoms with Gasteiger partial charge < -0.3 is 10.6 Å². The topological polar surface area (TPSA) is 46.3 Å². The molecule has 1 aliphatic carbocycles. The van der Waals surface area contributed by atoms with Gasteiger partial charge in [-0.2, -0.15) is 0 Å². The van der Waals surface area contributed by atoms with Gasteiger partial charge >= 0.3 is 0 Å². The van der Waals surface area contributed by atoms with Crippen LogP contribution in [-0.4, -0.2) is 30.4 Å². The molecule has 104 valence electrons. The van der Waals surface area contributed by atoms with Crippen LogP contribution in [0.3, 0.4) is 0 Å². The summed E-state index contributed by atoms with van der Waals surface area (Å²) in [5.74, 6) is 2.70. The molecule has 2 unspecified atom stereocenters. The number of rotatable bonds is 2. The van der Waals surface area contributed by atoms with Gasteiger partial charge in [-0.3, -0.25) is 4.79 Å². The van der Waals surface area contributed by atoms with Gasteiger partial charge in [-0.05, 0) is 56.4 Å². The van der Waals surface area contributed by atoms with Crippen molar-refractivity contribution >= 4 is 5.91 Å². The van der Waals surface area contributed by atoms with Crippen molar-refractivity contribution < 1.29 is 4.79 Å². The monoisotopic (exact) mass is 252 g/mol. The highest BCUT2D eigenvalue weighted by Gasteiger charge is 2.32. The van der Waals surface area contributed by atoms with Crippen molar-refractivity contribution in [1.29, 1.82) is 0 Å². The third-order valence-electron chi connectivity index (χ3n) is 5.09. The average molecular weight is 252 g/mol. The molecule has 1 heterocycles. The summed E-state index contributed by atoms with van der Waals surface area (Å²) in [5, 5.41) is 0. The quantitative estimate of drug-likeness (QED) is 0.819. The van der Waals surface area contributed by atoms with Gasteiger partial charge in [-0.15, -0.1) is 0 Å². The van der Waals surface area contributed by atoms with Crippen LogP contribution in [0.15, 0.2) is 0 Å². The smallest absolute Gasteiger partial charge is 0.225 e. The average Bonchev–Trinajstić information content (AvgIpc) is 2.39. The van der Waals surface area contributed by atoms with E-state index >= 15 is 0 Å². The number of nitrogens with two attached hydrogens (primary N) is 1. The molecule has 2 aliphatic rings. The van der Waals surface area contributed by atoms with Crippen LogP contribution in [-0.2, 0) is 4.79 Å². The van der Waals surface area contributed by atoms with Crippen molar-refractivity contribution in [2.75, 3.05) is 19.6 Å². The Bertz CT molecular complexity index is 284. The molecule has 18 heavy (non-hydrogen) atoms. The van der Waals surface area contributed by atoms with Gasteiger partial charge in [0.1, 0.15) is 0 Å². The van der Waals surface area contributed by atoms with Crippen LogP contribution in [0.25, 0.3) is 0 Å². The molecule has 0 spiro atoms. The fourth-order valence-electron chi connectivity index (χ4n) is 3.42. The van der Waals surface area contributed by atoms with Gasteiger partial charge in [-0.25, -0.2) is 0 Å². The van der Waals surface area contributed by atoms with E-state index < -0.39 is 0 Å². The zero-order valence-electron chi connectivity index (χ0n) is 11.9. The molecule has 0 aromatic rings. The molecule has 0 aromatic carbocycles. The molecule has 2 fully saturated rings. The standard InChI is InChI=1S/C15H28N2O/c1-11-3-5-13(6-4-11)15(18)17-8-7-12(2)14(9-16)10-17/h11-14H,3-10,16H2,1-2H3. The minimum atomic E-state index is 0.299. The summed E-state index contributed by atoms with van der Waals surface area (Å²) < 4.78 is 0. The highest BCUT2D eigenvalue weighted by molar-refractivity contribution is 5.79. The van der Waals surface area contributed by atoms with E-state index in [0.29, 0.717) is 30.2 Å². The van der Waals surface area contributed by atoms with Crippen LogP contribution in [0.4, 0.5) is 0 Å². The maximum absolute atomic E-state index is 12.5. The number of likely N-dealkylation sites (tertiary alicyclic amines) is 1. The second-order valence-electron chi connectivity index (χ2n) is 6.50. The van der Waals surface area contributed by atoms with E-state index in [0.717, 1.165) is 38.3 Å². The van der Waals surface area contributed by atoms with Gasteiger partial charge in [0, 0.05) is 19.0 Å². The molecule has 2 atom stereocenters. The normalized spacial score (nSPS) is 37.6. The lowest BCUT2D eigenvalue weighted by Gasteiger charge is -2.39. The largest absolute Gasteiger partial charge is 0.342 e. The second-order valence-corrected chi connectivity index (χ2v) is 6.50. The second kappa shape index (κ2) is 6.05. The number of nitrogens with zero attached hydrogens (tertiary/aromatic N) is 1. The van der Waals surface area contributed by atoms with Crippen LogP contribution >= 0.6 is 0 Å². The molecule has 0 bridgehead atoms. The van der Waals surface area contributed by atoms with E-state index in [1.54, 1.807) is 0 Å². The summed E-state index contributed by atoms with van der Waals surface area (Å²) in [6.07, 6.45) is 5.76. The Balaban J connectivity index is 1.89. The van der Waals surface area contributed by atoms with E-state index in [1.165, 1.54) is 12.8 Å². The van der Waals surface area contributed by atoms with Crippen molar-refractivity contribution in [3.05, 3.63) is 0 Å². The lowest BCUT2D eigenvalue weighted by molar-refractivity contribution is -0.139. The molecule has 1 amide bonds. The first-order valence-electron chi connectivity index (χ1n) is 7.60. The van der Waals surface area contributed by atoms with Crippen molar-refractivity contribution in [2.24, 2.45) is 29.4 Å². The van der Waals surface area contributed by atoms with Gasteiger partial charge in [0.05, 0.1) is 0 Å². The fourth-order valence-corrected chi connectivity index (χ4v) is 3.42. The van der Waals surface area contributed by atoms with Crippen LogP contribution in [0, 0.1) is 23.7 Å². The Morgan fingerprint density at radius 2 is 1.83 bits per heavy atom. The van der Waals surface area contributed by atoms with E-state index in [9.17, 15) is 4.79 Å². The highest BCUT2D eigenvalue weighted by atomic mass is 16.2. The SMILES string of the molecule is CC1CCC(C(=O)N2CCC(C)C(CN)C2)CC1. The molecule has 3 heteroatoms. The summed E-state index contributed by atoms with van der Waals surface area (Å²) in [7, 11) is 0. The van der Waals surface area contributed by atoms with E-state index in [-0.39, 0.29) is 0 Å². The molecular formula is C15H28N2O. The zero-order valence-corrected chi connectivity index (χ0v) is 11.9. The first-order valence-corrected chi connectivity index (χ1v) is 7.60. The highest BCUT2D eigenvalue weighted by Crippen LogP contribution is 2.31. The van der Waals surface area contributed by atoms with E-state index in [4.69, 9.17) is 5.73 Å². The number of carbonyl (C=O) groups excluding carboxylic acids is 1. The van der Waals surface area contributed by atoms with Gasteiger partial charge in [0.25, 0.3) is 0 Å². The molecule has 2 rings (SSSR count). The molecule has 0 aromatic heterocycles. The Labute approximate surface area is 111 Å². The Kier molecular flexibility index (Phi) is 4.66. The predicted octanol–water partition coefficient (Wildman–Crippen LogP) is 2.26. The number of piperidine rings is 1. The van der Waals surface area contributed by atoms with Crippen LogP contribution in [0.1, 0.15) is 46.0 Å². The molecule has 1 saturated heterocycles. The van der Waals surface area contributed by atoms with Gasteiger partial charge in [0.2, 0.25) is 5.91 Å². The van der Waals surface area contributed by atoms with E-state index in [1.807, 2.05) is 0 Å². The number of amides is 1. The van der Waals surface area contributed by atoms with E-state index in [2.05, 4.69) is 18.7 Å². The lowest BCUT2D eigenvalue weighted by Crippen LogP contribution is -2.47. The first-order chi connectivity index (χ1) is 8.61. The predicted molar refractivity (Wildman–Crippen MR) is 74.0 cm³/mol. The van der Waals surface area contributed by atoms with Gasteiger partial charge in [-0.1, -0.05) is 13.8 Å². The number of hydrogen-bond acceptors (Lipinski definition) is 2. The Hall–Kier alpha value is -0.570. The third kappa shape index (κ3) is 3.05. The maximum atomic E-state index is 12.5. The Morgan fingerprint density at radius 3 is 2.44 bits per heavy atom. The Morgan fingerprint density at radius 1 is 1.17 bits per heavy atom. The van der Waals surface area contributed by atoms with Crippen LogP contribution in [0.5, 0.6) is 0 Å². The van der Waals surface area contributed by atoms with Crippen molar-refractivity contribution in [1.82, 2.24) is 4.90 Å². The number of hydrogen-bond donors (Lipinski definition) is 1. The zero-order chi connectivity index (χ0) is 13.1. The summed E-state index contributed by atoms with van der Waals surface area (Å²) in [6, 6.07) is 0. The fraction of sp³-hybridized carbons (Fsp3) is 0.933.